The van der Waals surface area contributed by atoms with E-state index < -0.39 is 42.8 Å². The van der Waals surface area contributed by atoms with Crippen LogP contribution in [-0.2, 0) is 4.79 Å². The van der Waals surface area contributed by atoms with E-state index in [1.54, 1.807) is 0 Å². The average molecular weight is 392 g/mol. The molecule has 2 heterocycles. The predicted octanol–water partition coefficient (Wildman–Crippen LogP) is 2.35. The van der Waals surface area contributed by atoms with Gasteiger partial charge in [-0.05, 0) is 42.5 Å². The van der Waals surface area contributed by atoms with E-state index in [9.17, 15) is 9.59 Å². The number of nitriles is 2. The Hall–Kier alpha value is -3.78. The Morgan fingerprint density at radius 2 is 1.66 bits per heavy atom. The van der Waals surface area contributed by atoms with Crippen LogP contribution in [0.1, 0.15) is 21.5 Å². The molecule has 2 aliphatic heterocycles. The van der Waals surface area contributed by atoms with E-state index in [0.29, 0.717) is 5.56 Å². The Kier molecular flexibility index (Phi) is 4.09. The molecule has 0 spiro atoms. The summed E-state index contributed by atoms with van der Waals surface area (Å²) in [5.74, 6) is -1.67. The smallest absolute Gasteiger partial charge is 0.270 e. The second-order valence-corrected chi connectivity index (χ2v) is 7.17. The van der Waals surface area contributed by atoms with E-state index in [1.165, 1.54) is 48.5 Å². The third-order valence-corrected chi connectivity index (χ3v) is 5.39. The van der Waals surface area contributed by atoms with Gasteiger partial charge < -0.3 is 9.80 Å². The van der Waals surface area contributed by atoms with Crippen molar-refractivity contribution in [2.45, 2.75) is 11.3 Å². The van der Waals surface area contributed by atoms with Crippen LogP contribution in [0.2, 0.25) is 0 Å². The second kappa shape index (κ2) is 6.39. The van der Waals surface area contributed by atoms with Crippen LogP contribution in [0.25, 0.3) is 0 Å². The molecular weight excluding hydrogens is 378 g/mol. The summed E-state index contributed by atoms with van der Waals surface area (Å²) in [7, 11) is 0. The second-order valence-electron chi connectivity index (χ2n) is 7.17. The van der Waals surface area contributed by atoms with Crippen LogP contribution < -0.4 is 4.90 Å². The maximum Gasteiger partial charge on any atom is 0.270 e. The van der Waals surface area contributed by atoms with Gasteiger partial charge in [-0.25, -0.2) is 8.78 Å². The summed E-state index contributed by atoms with van der Waals surface area (Å²) in [6.45, 7) is -1.81. The quantitative estimate of drug-likeness (QED) is 0.785. The molecule has 4 rings (SSSR count). The van der Waals surface area contributed by atoms with E-state index in [2.05, 4.69) is 0 Å². The van der Waals surface area contributed by atoms with Gasteiger partial charge in [0.15, 0.2) is 5.67 Å². The molecule has 8 heteroatoms. The summed E-state index contributed by atoms with van der Waals surface area (Å²) in [5, 5.41) is 17.8. The molecule has 0 radical (unpaired) electrons. The molecule has 2 atom stereocenters. The number of likely N-dealkylation sites (tertiary alicyclic amines) is 1. The Labute approximate surface area is 165 Å². The lowest BCUT2D eigenvalue weighted by atomic mass is 9.93. The van der Waals surface area contributed by atoms with E-state index in [4.69, 9.17) is 10.5 Å². The highest BCUT2D eigenvalue weighted by molar-refractivity contribution is 6.05. The predicted molar refractivity (Wildman–Crippen MR) is 98.2 cm³/mol. The number of hydrogen-bond acceptors (Lipinski definition) is 4. The van der Waals surface area contributed by atoms with Crippen molar-refractivity contribution < 1.29 is 18.4 Å². The number of nitrogens with zero attached hydrogens (tertiary/aromatic N) is 4. The maximum absolute atomic E-state index is 15.6. The van der Waals surface area contributed by atoms with Gasteiger partial charge in [0.1, 0.15) is 0 Å². The Balaban J connectivity index is 1.59. The molecule has 29 heavy (non-hydrogen) atoms. The fraction of sp³-hybridized carbons (Fsp3) is 0.238. The molecule has 2 aromatic rings. The molecule has 0 aliphatic carbocycles. The van der Waals surface area contributed by atoms with Gasteiger partial charge in [-0.1, -0.05) is 6.07 Å². The van der Waals surface area contributed by atoms with Gasteiger partial charge in [0, 0.05) is 11.3 Å². The van der Waals surface area contributed by atoms with Crippen molar-refractivity contribution in [1.82, 2.24) is 4.90 Å². The topological polar surface area (TPSA) is 88.2 Å². The van der Waals surface area contributed by atoms with Crippen LogP contribution in [0.4, 0.5) is 14.5 Å². The highest BCUT2D eigenvalue weighted by atomic mass is 19.2. The molecule has 0 N–H and O–H groups in total. The van der Waals surface area contributed by atoms with Crippen molar-refractivity contribution in [2.24, 2.45) is 0 Å². The van der Waals surface area contributed by atoms with Crippen LogP contribution in [0.3, 0.4) is 0 Å². The van der Waals surface area contributed by atoms with Crippen molar-refractivity contribution in [2.75, 3.05) is 24.5 Å². The first kappa shape index (κ1) is 18.6. The molecule has 6 nitrogen and oxygen atoms in total. The van der Waals surface area contributed by atoms with Crippen LogP contribution >= 0.6 is 0 Å². The van der Waals surface area contributed by atoms with Gasteiger partial charge in [0.2, 0.25) is 5.67 Å². The zero-order chi connectivity index (χ0) is 20.8. The van der Waals surface area contributed by atoms with Crippen LogP contribution in [0.5, 0.6) is 0 Å². The summed E-state index contributed by atoms with van der Waals surface area (Å²) < 4.78 is 31.1. The van der Waals surface area contributed by atoms with Crippen molar-refractivity contribution in [3.05, 3.63) is 65.2 Å². The van der Waals surface area contributed by atoms with E-state index in [0.717, 1.165) is 9.80 Å². The van der Waals surface area contributed by atoms with Gasteiger partial charge in [0.05, 0.1) is 42.9 Å². The zero-order valence-electron chi connectivity index (χ0n) is 15.1. The normalized spacial score (nSPS) is 25.4. The SMILES string of the molecule is N#Cc1ccc(C(=O)N2C[C@]3(F)CN(c4cccc(C#N)c4)C(=O)[C@]3(F)C2)cc1. The first-order valence-electron chi connectivity index (χ1n) is 8.81. The van der Waals surface area contributed by atoms with E-state index >= 15 is 8.78 Å². The number of carbonyl (C=O) groups excluding carboxylic acids is 2. The van der Waals surface area contributed by atoms with Crippen LogP contribution in [0, 0.1) is 22.7 Å². The number of alkyl halides is 2. The van der Waals surface area contributed by atoms with Gasteiger partial charge in [-0.3, -0.25) is 9.59 Å². The third kappa shape index (κ3) is 2.73. The maximum atomic E-state index is 15.6. The highest BCUT2D eigenvalue weighted by Gasteiger charge is 2.72. The Morgan fingerprint density at radius 3 is 2.28 bits per heavy atom. The molecule has 2 aliphatic rings. The largest absolute Gasteiger partial charge is 0.331 e. The monoisotopic (exact) mass is 392 g/mol. The van der Waals surface area contributed by atoms with Crippen molar-refractivity contribution in [3.8, 4) is 12.1 Å². The average Bonchev–Trinajstić information content (AvgIpc) is 3.12. The summed E-state index contributed by atoms with van der Waals surface area (Å²) in [6.07, 6.45) is 0. The van der Waals surface area contributed by atoms with E-state index in [1.807, 2.05) is 12.1 Å². The first-order chi connectivity index (χ1) is 13.8. The number of halogens is 2. The summed E-state index contributed by atoms with van der Waals surface area (Å²) in [6, 6.07) is 15.5. The lowest BCUT2D eigenvalue weighted by Gasteiger charge is -2.23. The fourth-order valence-electron chi connectivity index (χ4n) is 3.82. The molecule has 2 fully saturated rings. The van der Waals surface area contributed by atoms with Gasteiger partial charge in [0.25, 0.3) is 11.8 Å². The number of carbonyl (C=O) groups is 2. The molecule has 0 saturated carbocycles. The molecule has 0 bridgehead atoms. The summed E-state index contributed by atoms with van der Waals surface area (Å²) in [4.78, 5) is 27.4. The number of fused-ring (bicyclic) bond motifs is 1. The Morgan fingerprint density at radius 1 is 0.966 bits per heavy atom. The molecule has 144 valence electrons. The number of benzene rings is 2. The molecule has 0 unspecified atom stereocenters. The van der Waals surface area contributed by atoms with Crippen LogP contribution in [-0.4, -0.2) is 47.7 Å². The van der Waals surface area contributed by atoms with Crippen molar-refractivity contribution in [3.63, 3.8) is 0 Å². The molecule has 2 aromatic carbocycles. The van der Waals surface area contributed by atoms with Crippen LogP contribution in [0.15, 0.2) is 48.5 Å². The van der Waals surface area contributed by atoms with Gasteiger partial charge in [-0.15, -0.1) is 0 Å². The highest BCUT2D eigenvalue weighted by Crippen LogP contribution is 2.47. The lowest BCUT2D eigenvalue weighted by molar-refractivity contribution is -0.130. The van der Waals surface area contributed by atoms with Crippen molar-refractivity contribution in [1.29, 1.82) is 10.5 Å². The summed E-state index contributed by atoms with van der Waals surface area (Å²) >= 11 is 0. The molecule has 2 saturated heterocycles. The minimum atomic E-state index is -2.86. The standard InChI is InChI=1S/C21H14F2N4O2/c22-20-11-26(18(28)16-6-4-14(9-24)5-7-16)13-21(20,23)19(29)27(12-20)17-3-1-2-15(8-17)10-25/h1-8H,11-13H2/t20-,21+/m0/s1. The third-order valence-electron chi connectivity index (χ3n) is 5.39. The molecule has 0 aromatic heterocycles. The fourth-order valence-corrected chi connectivity index (χ4v) is 3.82. The Bertz CT molecular complexity index is 1100. The number of anilines is 1. The lowest BCUT2D eigenvalue weighted by Crippen LogP contribution is -2.47. The number of rotatable bonds is 2. The van der Waals surface area contributed by atoms with Crippen molar-refractivity contribution >= 4 is 17.5 Å². The minimum absolute atomic E-state index is 0.183. The number of amides is 2. The molecular formula is C21H14F2N4O2. The van der Waals surface area contributed by atoms with Gasteiger partial charge >= 0.3 is 0 Å². The summed E-state index contributed by atoms with van der Waals surface area (Å²) in [5.41, 5.74) is -4.38. The first-order valence-corrected chi connectivity index (χ1v) is 8.81. The van der Waals surface area contributed by atoms with Gasteiger partial charge in [-0.2, -0.15) is 10.5 Å². The number of hydrogen-bond donors (Lipinski definition) is 0. The molecule has 2 amide bonds. The van der Waals surface area contributed by atoms with E-state index in [-0.39, 0.29) is 16.8 Å². The zero-order valence-corrected chi connectivity index (χ0v) is 15.1. The minimum Gasteiger partial charge on any atom is -0.331 e.